The molecule has 0 bridgehead atoms. The number of aromatic nitrogens is 2. The van der Waals surface area contributed by atoms with E-state index in [1.165, 1.54) is 5.56 Å². The Morgan fingerprint density at radius 2 is 2.28 bits per heavy atom. The third-order valence-corrected chi connectivity index (χ3v) is 4.29. The molecule has 1 aromatic heterocycles. The molecule has 1 aromatic rings. The first-order valence-electron chi connectivity index (χ1n) is 6.58. The van der Waals surface area contributed by atoms with Gasteiger partial charge in [0.25, 0.3) is 0 Å². The van der Waals surface area contributed by atoms with Gasteiger partial charge in [0.15, 0.2) is 0 Å². The standard InChI is InChI=1S/C13H18N2O3/c16-7-8-1-2-12-10(3-8)6-15(14-12)11-4-9(5-11)13(17)18/h6,8-9,11,16H,1-5,7H2,(H,17,18). The lowest BCUT2D eigenvalue weighted by Gasteiger charge is -2.32. The summed E-state index contributed by atoms with van der Waals surface area (Å²) in [6, 6.07) is 0.254. The number of fused-ring (bicyclic) bond motifs is 1. The molecule has 98 valence electrons. The van der Waals surface area contributed by atoms with Gasteiger partial charge >= 0.3 is 5.97 Å². The van der Waals surface area contributed by atoms with Crippen LogP contribution in [0.2, 0.25) is 0 Å². The Kier molecular flexibility index (Phi) is 2.86. The van der Waals surface area contributed by atoms with Crippen LogP contribution in [0.4, 0.5) is 0 Å². The molecule has 0 aliphatic heterocycles. The number of aliphatic hydroxyl groups is 1. The van der Waals surface area contributed by atoms with Gasteiger partial charge in [0.05, 0.1) is 17.7 Å². The summed E-state index contributed by atoms with van der Waals surface area (Å²) in [6.45, 7) is 0.245. The summed E-state index contributed by atoms with van der Waals surface area (Å²) in [5.41, 5.74) is 2.37. The number of carboxylic acid groups (broad SMARTS) is 1. The predicted molar refractivity (Wildman–Crippen MR) is 64.2 cm³/mol. The smallest absolute Gasteiger partial charge is 0.306 e. The third-order valence-electron chi connectivity index (χ3n) is 4.29. The summed E-state index contributed by atoms with van der Waals surface area (Å²) in [5.74, 6) is -0.520. The van der Waals surface area contributed by atoms with Crippen molar-refractivity contribution in [3.63, 3.8) is 0 Å². The SMILES string of the molecule is O=C(O)C1CC(n2cc3c(n2)CCC(CO)C3)C1. The molecule has 18 heavy (non-hydrogen) atoms. The predicted octanol–water partition coefficient (Wildman–Crippen LogP) is 1.02. The molecule has 2 aliphatic carbocycles. The van der Waals surface area contributed by atoms with E-state index >= 15 is 0 Å². The Morgan fingerprint density at radius 3 is 2.94 bits per heavy atom. The van der Waals surface area contributed by atoms with Gasteiger partial charge in [-0.25, -0.2) is 0 Å². The lowest BCUT2D eigenvalue weighted by atomic mass is 9.80. The Labute approximate surface area is 105 Å². The van der Waals surface area contributed by atoms with Crippen LogP contribution in [0, 0.1) is 11.8 Å². The Morgan fingerprint density at radius 1 is 1.50 bits per heavy atom. The second-order valence-corrected chi connectivity index (χ2v) is 5.53. The summed E-state index contributed by atoms with van der Waals surface area (Å²) in [7, 11) is 0. The first-order chi connectivity index (χ1) is 8.67. The van der Waals surface area contributed by atoms with E-state index in [9.17, 15) is 9.90 Å². The van der Waals surface area contributed by atoms with Gasteiger partial charge in [-0.2, -0.15) is 5.10 Å². The van der Waals surface area contributed by atoms with Crippen LogP contribution in [0.25, 0.3) is 0 Å². The van der Waals surface area contributed by atoms with E-state index in [-0.39, 0.29) is 18.6 Å². The van der Waals surface area contributed by atoms with E-state index in [1.807, 2.05) is 4.68 Å². The molecule has 0 radical (unpaired) electrons. The highest BCUT2D eigenvalue weighted by Crippen LogP contribution is 2.38. The molecule has 2 N–H and O–H groups in total. The number of hydrogen-bond acceptors (Lipinski definition) is 3. The molecule has 1 saturated carbocycles. The van der Waals surface area contributed by atoms with E-state index < -0.39 is 5.97 Å². The van der Waals surface area contributed by atoms with E-state index in [0.29, 0.717) is 18.8 Å². The summed E-state index contributed by atoms with van der Waals surface area (Å²) in [5, 5.41) is 22.6. The quantitative estimate of drug-likeness (QED) is 0.839. The van der Waals surface area contributed by atoms with Crippen LogP contribution in [0.15, 0.2) is 6.20 Å². The molecule has 3 rings (SSSR count). The van der Waals surface area contributed by atoms with E-state index in [4.69, 9.17) is 5.11 Å². The molecule has 1 atom stereocenters. The van der Waals surface area contributed by atoms with E-state index in [1.54, 1.807) is 0 Å². The van der Waals surface area contributed by atoms with Crippen molar-refractivity contribution in [3.8, 4) is 0 Å². The van der Waals surface area contributed by atoms with E-state index in [0.717, 1.165) is 25.0 Å². The number of carbonyl (C=O) groups is 1. The van der Waals surface area contributed by atoms with Crippen molar-refractivity contribution in [1.29, 1.82) is 0 Å². The van der Waals surface area contributed by atoms with Crippen LogP contribution in [-0.4, -0.2) is 32.6 Å². The van der Waals surface area contributed by atoms with Crippen molar-refractivity contribution in [2.45, 2.75) is 38.1 Å². The van der Waals surface area contributed by atoms with Crippen LogP contribution in [-0.2, 0) is 17.6 Å². The van der Waals surface area contributed by atoms with Gasteiger partial charge in [0, 0.05) is 12.8 Å². The molecule has 0 spiro atoms. The molecule has 1 unspecified atom stereocenters. The molecule has 0 saturated heterocycles. The maximum absolute atomic E-state index is 10.8. The largest absolute Gasteiger partial charge is 0.481 e. The average molecular weight is 250 g/mol. The van der Waals surface area contributed by atoms with Crippen molar-refractivity contribution in [2.75, 3.05) is 6.61 Å². The summed E-state index contributed by atoms with van der Waals surface area (Å²) >= 11 is 0. The van der Waals surface area contributed by atoms with Crippen molar-refractivity contribution in [1.82, 2.24) is 9.78 Å². The molecule has 1 heterocycles. The zero-order valence-electron chi connectivity index (χ0n) is 10.2. The number of carboxylic acids is 1. The van der Waals surface area contributed by atoms with Gasteiger partial charge in [-0.05, 0) is 43.6 Å². The average Bonchev–Trinajstić information content (AvgIpc) is 2.68. The molecule has 0 amide bonds. The summed E-state index contributed by atoms with van der Waals surface area (Å²) in [6.07, 6.45) is 6.28. The van der Waals surface area contributed by atoms with Crippen molar-refractivity contribution >= 4 is 5.97 Å². The number of aliphatic hydroxyl groups excluding tert-OH is 1. The van der Waals surface area contributed by atoms with Crippen molar-refractivity contribution in [2.24, 2.45) is 11.8 Å². The Balaban J connectivity index is 1.69. The minimum absolute atomic E-state index is 0.193. The maximum atomic E-state index is 10.8. The number of rotatable bonds is 3. The highest BCUT2D eigenvalue weighted by Gasteiger charge is 2.36. The van der Waals surface area contributed by atoms with E-state index in [2.05, 4.69) is 11.3 Å². The van der Waals surface area contributed by atoms with Crippen molar-refractivity contribution < 1.29 is 15.0 Å². The fourth-order valence-corrected chi connectivity index (χ4v) is 2.95. The highest BCUT2D eigenvalue weighted by atomic mass is 16.4. The molecule has 1 fully saturated rings. The monoisotopic (exact) mass is 250 g/mol. The summed E-state index contributed by atoms with van der Waals surface area (Å²) in [4.78, 5) is 10.8. The van der Waals surface area contributed by atoms with Gasteiger partial charge < -0.3 is 10.2 Å². The maximum Gasteiger partial charge on any atom is 0.306 e. The van der Waals surface area contributed by atoms with Crippen LogP contribution in [0.1, 0.15) is 36.6 Å². The second kappa shape index (κ2) is 4.39. The van der Waals surface area contributed by atoms with Crippen LogP contribution in [0.5, 0.6) is 0 Å². The fraction of sp³-hybridized carbons (Fsp3) is 0.692. The molecular formula is C13H18N2O3. The molecule has 5 nitrogen and oxygen atoms in total. The van der Waals surface area contributed by atoms with Gasteiger partial charge in [0.2, 0.25) is 0 Å². The lowest BCUT2D eigenvalue weighted by Crippen LogP contribution is -2.32. The third kappa shape index (κ3) is 1.92. The zero-order chi connectivity index (χ0) is 12.7. The summed E-state index contributed by atoms with van der Waals surface area (Å²) < 4.78 is 1.95. The first-order valence-corrected chi connectivity index (χ1v) is 6.58. The molecular weight excluding hydrogens is 232 g/mol. The lowest BCUT2D eigenvalue weighted by molar-refractivity contribution is -0.146. The van der Waals surface area contributed by atoms with Crippen LogP contribution >= 0.6 is 0 Å². The Hall–Kier alpha value is -1.36. The number of aryl methyl sites for hydroxylation is 1. The van der Waals surface area contributed by atoms with Gasteiger partial charge in [-0.1, -0.05) is 0 Å². The number of nitrogens with zero attached hydrogens (tertiary/aromatic N) is 2. The van der Waals surface area contributed by atoms with Crippen LogP contribution in [0.3, 0.4) is 0 Å². The normalized spacial score (nSPS) is 30.6. The zero-order valence-corrected chi connectivity index (χ0v) is 10.2. The number of aliphatic carboxylic acids is 1. The topological polar surface area (TPSA) is 75.3 Å². The molecule has 2 aliphatic rings. The molecule has 0 aromatic carbocycles. The van der Waals surface area contributed by atoms with Crippen LogP contribution < -0.4 is 0 Å². The van der Waals surface area contributed by atoms with Gasteiger partial charge in [-0.3, -0.25) is 9.48 Å². The molecule has 5 heteroatoms. The van der Waals surface area contributed by atoms with Gasteiger partial charge in [0.1, 0.15) is 0 Å². The minimum Gasteiger partial charge on any atom is -0.481 e. The second-order valence-electron chi connectivity index (χ2n) is 5.53. The Bertz CT molecular complexity index is 463. The minimum atomic E-state index is -0.691. The number of hydrogen-bond donors (Lipinski definition) is 2. The highest BCUT2D eigenvalue weighted by molar-refractivity contribution is 5.71. The first kappa shape index (κ1) is 11.7. The van der Waals surface area contributed by atoms with Crippen molar-refractivity contribution in [3.05, 3.63) is 17.5 Å². The fourth-order valence-electron chi connectivity index (χ4n) is 2.95. The van der Waals surface area contributed by atoms with Gasteiger partial charge in [-0.15, -0.1) is 0 Å².